The Kier molecular flexibility index (Phi) is 7.29. The van der Waals surface area contributed by atoms with Gasteiger partial charge >= 0.3 is 0 Å². The molecule has 0 aromatic carbocycles. The van der Waals surface area contributed by atoms with E-state index in [1.54, 1.807) is 0 Å². The first-order chi connectivity index (χ1) is 8.99. The highest BCUT2D eigenvalue weighted by atomic mass is 16.3. The second kappa shape index (κ2) is 8.20. The number of nitrogens with zero attached hydrogens (tertiary/aromatic N) is 2. The predicted molar refractivity (Wildman–Crippen MR) is 81.5 cm³/mol. The fourth-order valence-corrected chi connectivity index (χ4v) is 2.60. The lowest BCUT2D eigenvalue weighted by molar-refractivity contribution is 0.0778. The van der Waals surface area contributed by atoms with Gasteiger partial charge in [-0.05, 0) is 11.8 Å². The summed E-state index contributed by atoms with van der Waals surface area (Å²) in [5.41, 5.74) is 0.365. The van der Waals surface area contributed by atoms with Crippen LogP contribution in [0.15, 0.2) is 0 Å². The summed E-state index contributed by atoms with van der Waals surface area (Å²) in [6.45, 7) is 17.0. The lowest BCUT2D eigenvalue weighted by Gasteiger charge is -2.40. The molecule has 2 N–H and O–H groups in total. The van der Waals surface area contributed by atoms with Crippen LogP contribution in [0.4, 0.5) is 0 Å². The maximum atomic E-state index is 8.97. The molecule has 0 spiro atoms. The molecular formula is C15H33N3O. The van der Waals surface area contributed by atoms with Crippen molar-refractivity contribution < 1.29 is 5.11 Å². The normalized spacial score (nSPS) is 21.8. The molecule has 1 fully saturated rings. The van der Waals surface area contributed by atoms with Crippen LogP contribution < -0.4 is 5.32 Å². The second-order valence-electron chi connectivity index (χ2n) is 6.54. The number of nitrogens with one attached hydrogen (secondary N) is 1. The molecule has 4 nitrogen and oxygen atoms in total. The van der Waals surface area contributed by atoms with Gasteiger partial charge in [0.05, 0.1) is 6.61 Å². The molecule has 1 saturated heterocycles. The summed E-state index contributed by atoms with van der Waals surface area (Å²) >= 11 is 0. The molecule has 114 valence electrons. The van der Waals surface area contributed by atoms with Crippen LogP contribution in [0, 0.1) is 5.41 Å². The van der Waals surface area contributed by atoms with Gasteiger partial charge in [-0.25, -0.2) is 0 Å². The highest BCUT2D eigenvalue weighted by molar-refractivity contribution is 4.83. The smallest absolute Gasteiger partial charge is 0.0558 e. The Balaban J connectivity index is 2.36. The van der Waals surface area contributed by atoms with Gasteiger partial charge in [-0.15, -0.1) is 0 Å². The van der Waals surface area contributed by atoms with E-state index in [9.17, 15) is 0 Å². The minimum absolute atomic E-state index is 0.283. The van der Waals surface area contributed by atoms with E-state index < -0.39 is 0 Å². The highest BCUT2D eigenvalue weighted by Gasteiger charge is 2.27. The van der Waals surface area contributed by atoms with Crippen molar-refractivity contribution in [3.8, 4) is 0 Å². The van der Waals surface area contributed by atoms with Crippen LogP contribution in [0.3, 0.4) is 0 Å². The monoisotopic (exact) mass is 271 g/mol. The summed E-state index contributed by atoms with van der Waals surface area (Å²) in [6.07, 6.45) is 1.21. The molecule has 1 aliphatic heterocycles. The molecule has 19 heavy (non-hydrogen) atoms. The van der Waals surface area contributed by atoms with Crippen LogP contribution >= 0.6 is 0 Å². The second-order valence-corrected chi connectivity index (χ2v) is 6.54. The zero-order chi connectivity index (χ0) is 14.3. The quantitative estimate of drug-likeness (QED) is 0.691. The van der Waals surface area contributed by atoms with Crippen molar-refractivity contribution in [1.82, 2.24) is 15.1 Å². The van der Waals surface area contributed by atoms with Crippen molar-refractivity contribution in [3.05, 3.63) is 0 Å². The number of β-amino-alcohol motifs (C(OH)–C–C–N with tert-alkyl or cyclic N) is 1. The average molecular weight is 271 g/mol. The SMILES string of the molecule is CCC(C)(CNC(C)C)CN1CCN(CCO)CC1. The van der Waals surface area contributed by atoms with Crippen LogP contribution in [0.25, 0.3) is 0 Å². The maximum Gasteiger partial charge on any atom is 0.0558 e. The third-order valence-electron chi connectivity index (χ3n) is 4.28. The Morgan fingerprint density at radius 1 is 1.16 bits per heavy atom. The average Bonchev–Trinajstić information content (AvgIpc) is 2.39. The molecule has 4 heteroatoms. The zero-order valence-corrected chi connectivity index (χ0v) is 13.3. The first-order valence-corrected chi connectivity index (χ1v) is 7.78. The van der Waals surface area contributed by atoms with Gasteiger partial charge in [0.25, 0.3) is 0 Å². The van der Waals surface area contributed by atoms with Crippen molar-refractivity contribution in [2.45, 2.75) is 40.2 Å². The lowest BCUT2D eigenvalue weighted by Crippen LogP contribution is -2.51. The third-order valence-corrected chi connectivity index (χ3v) is 4.28. The van der Waals surface area contributed by atoms with Crippen LogP contribution in [0.2, 0.25) is 0 Å². The van der Waals surface area contributed by atoms with E-state index in [-0.39, 0.29) is 6.61 Å². The van der Waals surface area contributed by atoms with Gasteiger partial charge in [-0.2, -0.15) is 0 Å². The van der Waals surface area contributed by atoms with Gasteiger partial charge < -0.3 is 15.3 Å². The minimum Gasteiger partial charge on any atom is -0.395 e. The van der Waals surface area contributed by atoms with Gasteiger partial charge in [-0.1, -0.05) is 27.7 Å². The summed E-state index contributed by atoms with van der Waals surface area (Å²) < 4.78 is 0. The van der Waals surface area contributed by atoms with E-state index in [1.807, 2.05) is 0 Å². The van der Waals surface area contributed by atoms with Gasteiger partial charge in [0, 0.05) is 51.9 Å². The van der Waals surface area contributed by atoms with E-state index in [4.69, 9.17) is 5.11 Å². The number of rotatable bonds is 8. The predicted octanol–water partition coefficient (Wildman–Crippen LogP) is 1.01. The first kappa shape index (κ1) is 16.9. The number of aliphatic hydroxyl groups is 1. The lowest BCUT2D eigenvalue weighted by atomic mass is 9.86. The van der Waals surface area contributed by atoms with Gasteiger partial charge in [0.2, 0.25) is 0 Å². The van der Waals surface area contributed by atoms with Gasteiger partial charge in [-0.3, -0.25) is 4.90 Å². The number of aliphatic hydroxyl groups excluding tert-OH is 1. The van der Waals surface area contributed by atoms with E-state index in [1.165, 1.54) is 13.0 Å². The Hall–Kier alpha value is -0.160. The summed E-state index contributed by atoms with van der Waals surface area (Å²) in [5, 5.41) is 12.6. The van der Waals surface area contributed by atoms with Gasteiger partial charge in [0.1, 0.15) is 0 Å². The van der Waals surface area contributed by atoms with E-state index >= 15 is 0 Å². The number of hydrogen-bond donors (Lipinski definition) is 2. The molecule has 1 unspecified atom stereocenters. The summed E-state index contributed by atoms with van der Waals surface area (Å²) in [7, 11) is 0. The largest absolute Gasteiger partial charge is 0.395 e. The molecule has 1 heterocycles. The molecule has 1 rings (SSSR count). The Bertz CT molecular complexity index is 240. The van der Waals surface area contributed by atoms with Crippen molar-refractivity contribution in [2.24, 2.45) is 5.41 Å². The summed E-state index contributed by atoms with van der Waals surface area (Å²) in [5.74, 6) is 0. The fraction of sp³-hybridized carbons (Fsp3) is 1.00. The van der Waals surface area contributed by atoms with Crippen LogP contribution in [-0.2, 0) is 0 Å². The molecule has 1 atom stereocenters. The number of piperazine rings is 1. The summed E-state index contributed by atoms with van der Waals surface area (Å²) in [6, 6.07) is 0.562. The fourth-order valence-electron chi connectivity index (χ4n) is 2.60. The van der Waals surface area contributed by atoms with Gasteiger partial charge in [0.15, 0.2) is 0 Å². The van der Waals surface area contributed by atoms with E-state index in [0.717, 1.165) is 39.3 Å². The molecule has 1 aliphatic rings. The van der Waals surface area contributed by atoms with Crippen LogP contribution in [0.5, 0.6) is 0 Å². The first-order valence-electron chi connectivity index (χ1n) is 7.78. The van der Waals surface area contributed by atoms with Crippen molar-refractivity contribution >= 4 is 0 Å². The Labute approximate surface area is 119 Å². The standard InChI is InChI=1S/C15H33N3O/c1-5-15(4,12-16-14(2)3)13-18-8-6-17(7-9-18)10-11-19/h14,16,19H,5-13H2,1-4H3. The Morgan fingerprint density at radius 2 is 1.74 bits per heavy atom. The Morgan fingerprint density at radius 3 is 2.21 bits per heavy atom. The third kappa shape index (κ3) is 6.21. The van der Waals surface area contributed by atoms with Crippen molar-refractivity contribution in [3.63, 3.8) is 0 Å². The molecular weight excluding hydrogens is 238 g/mol. The molecule has 0 saturated carbocycles. The van der Waals surface area contributed by atoms with Crippen molar-refractivity contribution in [2.75, 3.05) is 52.4 Å². The maximum absolute atomic E-state index is 8.97. The zero-order valence-electron chi connectivity index (χ0n) is 13.3. The van der Waals surface area contributed by atoms with E-state index in [2.05, 4.69) is 42.8 Å². The summed E-state index contributed by atoms with van der Waals surface area (Å²) in [4.78, 5) is 4.94. The molecule has 0 radical (unpaired) electrons. The van der Waals surface area contributed by atoms with Crippen LogP contribution in [-0.4, -0.2) is 73.4 Å². The number of hydrogen-bond acceptors (Lipinski definition) is 4. The highest BCUT2D eigenvalue weighted by Crippen LogP contribution is 2.22. The minimum atomic E-state index is 0.283. The van der Waals surface area contributed by atoms with E-state index in [0.29, 0.717) is 11.5 Å². The molecule has 0 aromatic rings. The van der Waals surface area contributed by atoms with Crippen molar-refractivity contribution in [1.29, 1.82) is 0 Å². The molecule has 0 aromatic heterocycles. The molecule has 0 amide bonds. The topological polar surface area (TPSA) is 38.7 Å². The molecule has 0 bridgehead atoms. The molecule has 0 aliphatic carbocycles. The van der Waals surface area contributed by atoms with Crippen LogP contribution in [0.1, 0.15) is 34.1 Å².